The quantitative estimate of drug-likeness (QED) is 0.180. The van der Waals surface area contributed by atoms with Gasteiger partial charge < -0.3 is 10.8 Å². The van der Waals surface area contributed by atoms with Gasteiger partial charge in [0.1, 0.15) is 15.6 Å². The first kappa shape index (κ1) is 31.3. The number of alkyl halides is 3. The maximum absolute atomic E-state index is 14.4. The van der Waals surface area contributed by atoms with Crippen LogP contribution in [0.1, 0.15) is 10.4 Å². The highest BCUT2D eigenvalue weighted by Crippen LogP contribution is 2.39. The van der Waals surface area contributed by atoms with E-state index in [0.717, 1.165) is 11.3 Å². The molecule has 0 fully saturated rings. The SMILES string of the molecule is CSc1sc(C(=N)N)cc1S(=O)(=NS(=O)(=O)c1cccc(C#N)c1)c1cccc(Br)c1.O=C(O)C(F)(F)F. The summed E-state index contributed by atoms with van der Waals surface area (Å²) in [5, 5.41) is 23.9. The van der Waals surface area contributed by atoms with Crippen LogP contribution in [-0.2, 0) is 24.5 Å². The van der Waals surface area contributed by atoms with Gasteiger partial charge in [-0.1, -0.05) is 31.8 Å². The van der Waals surface area contributed by atoms with E-state index >= 15 is 0 Å². The topological polar surface area (TPSA) is 175 Å². The van der Waals surface area contributed by atoms with Crippen LogP contribution in [0.15, 0.2) is 81.7 Å². The largest absolute Gasteiger partial charge is 0.490 e. The summed E-state index contributed by atoms with van der Waals surface area (Å²) in [7, 11) is -8.09. The zero-order chi connectivity index (χ0) is 28.9. The summed E-state index contributed by atoms with van der Waals surface area (Å²) < 4.78 is 77.4. The minimum Gasteiger partial charge on any atom is -0.475 e. The minimum atomic E-state index is -5.08. The summed E-state index contributed by atoms with van der Waals surface area (Å²) in [5.41, 5.74) is 5.75. The van der Waals surface area contributed by atoms with Crippen molar-refractivity contribution in [2.75, 3.05) is 6.26 Å². The van der Waals surface area contributed by atoms with Gasteiger partial charge in [0.25, 0.3) is 10.0 Å². The highest BCUT2D eigenvalue weighted by molar-refractivity contribution is 9.10. The number of hydrogen-bond acceptors (Lipinski definition) is 8. The Balaban J connectivity index is 0.000000638. The normalized spacial score (nSPS) is 12.8. The van der Waals surface area contributed by atoms with E-state index in [0.29, 0.717) is 13.6 Å². The first-order chi connectivity index (χ1) is 17.5. The van der Waals surface area contributed by atoms with E-state index in [4.69, 9.17) is 26.3 Å². The summed E-state index contributed by atoms with van der Waals surface area (Å²) in [6, 6.07) is 15.1. The number of nitrogens with one attached hydrogen (secondary N) is 1. The Morgan fingerprint density at radius 3 is 2.24 bits per heavy atom. The molecule has 0 bridgehead atoms. The summed E-state index contributed by atoms with van der Waals surface area (Å²) >= 11 is 5.74. The molecule has 0 amide bonds. The number of benzene rings is 2. The molecule has 1 atom stereocenters. The molecule has 1 unspecified atom stereocenters. The molecular weight excluding hydrogens is 653 g/mol. The number of aliphatic carboxylic acids is 1. The van der Waals surface area contributed by atoms with Gasteiger partial charge in [-0.15, -0.1) is 23.1 Å². The average Bonchev–Trinajstić information content (AvgIpc) is 3.29. The Kier molecular flexibility index (Phi) is 10.1. The standard InChI is InChI=1S/C19H15BrN4O3S4.C2HF3O2/c1-28-19-17(10-16(29-19)18(22)23)30(25,14-6-3-5-13(20)9-14)24-31(26,27)15-7-2-4-12(8-15)11-21;3-2(4,5)1(6)7/h2-10H,1H3,(H3,22,23);(H,6,7). The second kappa shape index (κ2) is 12.3. The molecule has 0 radical (unpaired) electrons. The van der Waals surface area contributed by atoms with Crippen molar-refractivity contribution in [3.8, 4) is 6.07 Å². The fraction of sp³-hybridized carbons (Fsp3) is 0.0952. The van der Waals surface area contributed by atoms with E-state index < -0.39 is 31.9 Å². The number of halogens is 4. The van der Waals surface area contributed by atoms with Crippen LogP contribution >= 0.6 is 39.0 Å². The molecule has 4 N–H and O–H groups in total. The smallest absolute Gasteiger partial charge is 0.475 e. The monoisotopic (exact) mass is 668 g/mol. The van der Waals surface area contributed by atoms with Crippen LogP contribution < -0.4 is 5.73 Å². The van der Waals surface area contributed by atoms with Gasteiger partial charge in [-0.25, -0.2) is 9.00 Å². The van der Waals surface area contributed by atoms with Crippen molar-refractivity contribution >= 4 is 70.6 Å². The maximum Gasteiger partial charge on any atom is 0.490 e. The molecule has 1 aromatic heterocycles. The Morgan fingerprint density at radius 2 is 1.74 bits per heavy atom. The van der Waals surface area contributed by atoms with Crippen LogP contribution in [-0.4, -0.2) is 42.0 Å². The maximum atomic E-state index is 14.4. The summed E-state index contributed by atoms with van der Waals surface area (Å²) in [6.45, 7) is 0. The molecule has 202 valence electrons. The average molecular weight is 670 g/mol. The molecule has 2 aromatic carbocycles. The van der Waals surface area contributed by atoms with Crippen molar-refractivity contribution in [2.45, 2.75) is 25.1 Å². The molecule has 1 heterocycles. The van der Waals surface area contributed by atoms with E-state index in [-0.39, 0.29) is 26.1 Å². The van der Waals surface area contributed by atoms with E-state index in [1.165, 1.54) is 48.2 Å². The van der Waals surface area contributed by atoms with Gasteiger partial charge in [0.2, 0.25) is 0 Å². The zero-order valence-electron chi connectivity index (χ0n) is 18.9. The van der Waals surface area contributed by atoms with Gasteiger partial charge in [0, 0.05) is 4.47 Å². The molecule has 0 saturated carbocycles. The van der Waals surface area contributed by atoms with Gasteiger partial charge in [-0.3, -0.25) is 5.41 Å². The number of nitrogens with two attached hydrogens (primary N) is 1. The van der Waals surface area contributed by atoms with Gasteiger partial charge in [0.05, 0.1) is 35.4 Å². The van der Waals surface area contributed by atoms with Crippen LogP contribution in [0.25, 0.3) is 0 Å². The molecule has 38 heavy (non-hydrogen) atoms. The molecule has 9 nitrogen and oxygen atoms in total. The third-order valence-corrected chi connectivity index (χ3v) is 11.6. The van der Waals surface area contributed by atoms with Gasteiger partial charge in [0.15, 0.2) is 0 Å². The molecule has 0 saturated heterocycles. The van der Waals surface area contributed by atoms with E-state index in [1.54, 1.807) is 24.5 Å². The molecule has 3 aromatic rings. The molecule has 17 heteroatoms. The Hall–Kier alpha value is -2.91. The molecule has 0 aliphatic heterocycles. The van der Waals surface area contributed by atoms with Crippen LogP contribution in [0.5, 0.6) is 0 Å². The van der Waals surface area contributed by atoms with Crippen LogP contribution in [0.2, 0.25) is 0 Å². The molecule has 3 rings (SSSR count). The number of carboxylic acid groups (broad SMARTS) is 1. The second-order valence-electron chi connectivity index (χ2n) is 6.86. The number of nitriles is 1. The number of thioether (sulfide) groups is 1. The van der Waals surface area contributed by atoms with E-state index in [2.05, 4.69) is 19.7 Å². The second-order valence-corrected chi connectivity index (χ2v) is 13.9. The number of carbonyl (C=O) groups is 1. The number of sulfonamides is 1. The molecule has 0 aliphatic carbocycles. The van der Waals surface area contributed by atoms with Crippen molar-refractivity contribution < 1.29 is 35.7 Å². The van der Waals surface area contributed by atoms with Crippen LogP contribution in [0.3, 0.4) is 0 Å². The lowest BCUT2D eigenvalue weighted by molar-refractivity contribution is -0.192. The van der Waals surface area contributed by atoms with Crippen molar-refractivity contribution in [3.63, 3.8) is 0 Å². The van der Waals surface area contributed by atoms with E-state index in [9.17, 15) is 25.8 Å². The first-order valence-electron chi connectivity index (χ1n) is 9.66. The summed E-state index contributed by atoms with van der Waals surface area (Å²) in [4.78, 5) is 9.38. The minimum absolute atomic E-state index is 0.143. The van der Waals surface area contributed by atoms with Crippen molar-refractivity contribution in [1.82, 2.24) is 0 Å². The number of carboxylic acids is 1. The number of thiophene rings is 1. The molecule has 0 spiro atoms. The highest BCUT2D eigenvalue weighted by Gasteiger charge is 2.38. The van der Waals surface area contributed by atoms with Gasteiger partial charge >= 0.3 is 12.1 Å². The highest BCUT2D eigenvalue weighted by atomic mass is 79.9. The zero-order valence-corrected chi connectivity index (χ0v) is 23.7. The fourth-order valence-corrected chi connectivity index (χ4v) is 9.72. The number of hydrogen-bond donors (Lipinski definition) is 3. The van der Waals surface area contributed by atoms with Gasteiger partial charge in [-0.05, 0) is 48.7 Å². The predicted molar refractivity (Wildman–Crippen MR) is 140 cm³/mol. The molecular formula is C21H16BrF3N4O5S4. The Bertz CT molecular complexity index is 1660. The summed E-state index contributed by atoms with van der Waals surface area (Å²) in [6.07, 6.45) is -3.33. The molecule has 0 aliphatic rings. The Labute approximate surface area is 232 Å². The Morgan fingerprint density at radius 1 is 1.16 bits per heavy atom. The third-order valence-electron chi connectivity index (χ3n) is 4.24. The number of nitrogens with zero attached hydrogens (tertiary/aromatic N) is 2. The van der Waals surface area contributed by atoms with Crippen molar-refractivity contribution in [2.24, 2.45) is 9.50 Å². The lowest BCUT2D eigenvalue weighted by atomic mass is 10.2. The lowest BCUT2D eigenvalue weighted by Crippen LogP contribution is -2.21. The predicted octanol–water partition coefficient (Wildman–Crippen LogP) is 5.30. The number of amidine groups is 1. The number of nitrogen functional groups attached to an aromatic ring is 1. The van der Waals surface area contributed by atoms with Crippen molar-refractivity contribution in [1.29, 1.82) is 10.7 Å². The van der Waals surface area contributed by atoms with Crippen LogP contribution in [0.4, 0.5) is 13.2 Å². The van der Waals surface area contributed by atoms with Gasteiger partial charge in [-0.2, -0.15) is 26.9 Å². The van der Waals surface area contributed by atoms with E-state index in [1.807, 2.05) is 6.07 Å². The third kappa shape index (κ3) is 7.57. The van der Waals surface area contributed by atoms with Crippen LogP contribution in [0, 0.1) is 16.7 Å². The number of rotatable bonds is 6. The lowest BCUT2D eigenvalue weighted by Gasteiger charge is -2.12. The summed E-state index contributed by atoms with van der Waals surface area (Å²) in [5.74, 6) is -2.97. The van der Waals surface area contributed by atoms with Crippen molar-refractivity contribution in [3.05, 3.63) is 69.5 Å². The first-order valence-corrected chi connectivity index (χ1v) is 15.5. The fourth-order valence-electron chi connectivity index (χ4n) is 2.58.